The van der Waals surface area contributed by atoms with Gasteiger partial charge in [-0.3, -0.25) is 4.90 Å². The second-order valence-corrected chi connectivity index (χ2v) is 7.76. The lowest BCUT2D eigenvalue weighted by Gasteiger charge is -2.30. The number of urea groups is 1. The lowest BCUT2D eigenvalue weighted by atomic mass is 10.3. The predicted molar refractivity (Wildman–Crippen MR) is 104 cm³/mol. The van der Waals surface area contributed by atoms with Crippen LogP contribution in [0.4, 0.5) is 20.6 Å². The molecule has 25 heavy (non-hydrogen) atoms. The molecule has 2 unspecified atom stereocenters. The molecule has 0 N–H and O–H groups in total. The van der Waals surface area contributed by atoms with Crippen molar-refractivity contribution in [3.05, 3.63) is 60.4 Å². The quantitative estimate of drug-likeness (QED) is 0.503. The van der Waals surface area contributed by atoms with Crippen molar-refractivity contribution in [1.29, 1.82) is 0 Å². The average Bonchev–Trinajstić information content (AvgIpc) is 3.05. The summed E-state index contributed by atoms with van der Waals surface area (Å²) in [6, 6.07) is 15.4. The number of rotatable bonds is 4. The number of nitrogens with zero attached hydrogens (tertiary/aromatic N) is 2. The number of halogens is 2. The normalized spacial score (nSPS) is 19.6. The first kappa shape index (κ1) is 18.1. The summed E-state index contributed by atoms with van der Waals surface area (Å²) in [5.41, 5.74) is 1.01. The lowest BCUT2D eigenvalue weighted by molar-refractivity contribution is 0.255. The van der Waals surface area contributed by atoms with Gasteiger partial charge in [0.2, 0.25) is 0 Å². The third-order valence-electron chi connectivity index (χ3n) is 4.29. The van der Waals surface area contributed by atoms with E-state index in [-0.39, 0.29) is 22.3 Å². The Labute approximate surface area is 156 Å². The molecule has 3 rings (SSSR count). The Morgan fingerprint density at radius 3 is 2.44 bits per heavy atom. The number of alkyl halides is 1. The van der Waals surface area contributed by atoms with E-state index in [1.165, 1.54) is 27.2 Å². The maximum atomic E-state index is 14.4. The molecule has 0 bridgehead atoms. The van der Waals surface area contributed by atoms with Crippen molar-refractivity contribution in [1.82, 2.24) is 0 Å². The van der Waals surface area contributed by atoms with Crippen molar-refractivity contribution in [2.75, 3.05) is 16.3 Å². The molecule has 3 nitrogen and oxygen atoms in total. The zero-order chi connectivity index (χ0) is 17.8. The zero-order valence-electron chi connectivity index (χ0n) is 13.9. The summed E-state index contributed by atoms with van der Waals surface area (Å²) in [7, 11) is 1.69. The van der Waals surface area contributed by atoms with Gasteiger partial charge in [0.05, 0.1) is 5.69 Å². The van der Waals surface area contributed by atoms with Crippen LogP contribution >= 0.6 is 23.5 Å². The molecule has 6 heteroatoms. The number of benzene rings is 2. The molecule has 0 aromatic heterocycles. The van der Waals surface area contributed by atoms with Gasteiger partial charge in [0, 0.05) is 23.4 Å². The summed E-state index contributed by atoms with van der Waals surface area (Å²) in [6.07, 6.45) is 2.87. The van der Waals surface area contributed by atoms with E-state index in [1.54, 1.807) is 25.2 Å². The van der Waals surface area contributed by atoms with Crippen molar-refractivity contribution in [2.24, 2.45) is 0 Å². The first-order valence-electron chi connectivity index (χ1n) is 8.26. The molecular formula is C19H20ClFN2OS. The van der Waals surface area contributed by atoms with E-state index in [1.807, 2.05) is 30.3 Å². The molecule has 1 saturated carbocycles. The summed E-state index contributed by atoms with van der Waals surface area (Å²) in [6.45, 7) is 0. The molecule has 0 saturated heterocycles. The Hall–Kier alpha value is -1.72. The summed E-state index contributed by atoms with van der Waals surface area (Å²) in [5.74, 6) is -0.422. The standard InChI is InChI=1S/C19H20ClFN2OS/c1-22(14-8-3-2-4-9-14)19(24)23(17-12-6-5-11-16(17)21)25-18-13-7-10-15(18)20/h2-6,8-9,11-12,15,18H,7,10,13H2,1H3. The summed E-state index contributed by atoms with van der Waals surface area (Å²) >= 11 is 7.71. The minimum Gasteiger partial charge on any atom is -0.296 e. The highest BCUT2D eigenvalue weighted by molar-refractivity contribution is 8.02. The first-order valence-corrected chi connectivity index (χ1v) is 9.53. The predicted octanol–water partition coefficient (Wildman–Crippen LogP) is 5.70. The number of para-hydroxylation sites is 2. The first-order chi connectivity index (χ1) is 12.1. The molecule has 2 amide bonds. The minimum atomic E-state index is -0.422. The van der Waals surface area contributed by atoms with E-state index in [0.29, 0.717) is 0 Å². The number of anilines is 2. The highest BCUT2D eigenvalue weighted by atomic mass is 35.5. The maximum Gasteiger partial charge on any atom is 0.339 e. The minimum absolute atomic E-state index is 0.00546. The van der Waals surface area contributed by atoms with Crippen LogP contribution in [0.5, 0.6) is 0 Å². The fraction of sp³-hybridized carbons (Fsp3) is 0.316. The van der Waals surface area contributed by atoms with Gasteiger partial charge in [-0.25, -0.2) is 13.5 Å². The van der Waals surface area contributed by atoms with Crippen molar-refractivity contribution in [3.8, 4) is 0 Å². The Morgan fingerprint density at radius 1 is 1.12 bits per heavy atom. The molecule has 2 aromatic carbocycles. The van der Waals surface area contributed by atoms with E-state index in [2.05, 4.69) is 0 Å². The molecule has 2 aromatic rings. The van der Waals surface area contributed by atoms with Crippen LogP contribution in [0, 0.1) is 5.82 Å². The van der Waals surface area contributed by atoms with Crippen LogP contribution in [0.25, 0.3) is 0 Å². The number of carbonyl (C=O) groups excluding carboxylic acids is 1. The fourth-order valence-electron chi connectivity index (χ4n) is 2.85. The van der Waals surface area contributed by atoms with Gasteiger partial charge in [-0.2, -0.15) is 0 Å². The van der Waals surface area contributed by atoms with Crippen molar-refractivity contribution in [3.63, 3.8) is 0 Å². The van der Waals surface area contributed by atoms with Crippen LogP contribution < -0.4 is 9.21 Å². The molecule has 1 fully saturated rings. The van der Waals surface area contributed by atoms with E-state index in [9.17, 15) is 9.18 Å². The van der Waals surface area contributed by atoms with E-state index >= 15 is 0 Å². The number of carbonyl (C=O) groups is 1. The molecular weight excluding hydrogens is 359 g/mol. The lowest BCUT2D eigenvalue weighted by Crippen LogP contribution is -2.39. The highest BCUT2D eigenvalue weighted by Gasteiger charge is 2.33. The van der Waals surface area contributed by atoms with Gasteiger partial charge >= 0.3 is 6.03 Å². The number of hydrogen-bond acceptors (Lipinski definition) is 2. The van der Waals surface area contributed by atoms with Crippen LogP contribution in [0.15, 0.2) is 54.6 Å². The van der Waals surface area contributed by atoms with Gasteiger partial charge in [-0.1, -0.05) is 36.8 Å². The van der Waals surface area contributed by atoms with Crippen molar-refractivity contribution < 1.29 is 9.18 Å². The van der Waals surface area contributed by atoms with Crippen molar-refractivity contribution >= 4 is 41.0 Å². The molecule has 0 heterocycles. The molecule has 0 radical (unpaired) electrons. The van der Waals surface area contributed by atoms with Gasteiger partial charge in [0.25, 0.3) is 0 Å². The Bertz CT molecular complexity index is 730. The summed E-state index contributed by atoms with van der Waals surface area (Å²) in [5, 5.41) is 0.0866. The molecule has 1 aliphatic rings. The topological polar surface area (TPSA) is 23.6 Å². The summed E-state index contributed by atoms with van der Waals surface area (Å²) in [4.78, 5) is 14.6. The van der Waals surface area contributed by atoms with Gasteiger partial charge < -0.3 is 0 Å². The maximum absolute atomic E-state index is 14.4. The molecule has 132 valence electrons. The molecule has 0 spiro atoms. The van der Waals surface area contributed by atoms with Gasteiger partial charge in [0.15, 0.2) is 0 Å². The largest absolute Gasteiger partial charge is 0.339 e. The van der Waals surface area contributed by atoms with E-state index in [4.69, 9.17) is 11.6 Å². The zero-order valence-corrected chi connectivity index (χ0v) is 15.5. The van der Waals surface area contributed by atoms with E-state index in [0.717, 1.165) is 24.9 Å². The number of hydrogen-bond donors (Lipinski definition) is 0. The fourth-order valence-corrected chi connectivity index (χ4v) is 4.56. The second kappa shape index (κ2) is 8.11. The molecule has 0 aliphatic heterocycles. The Morgan fingerprint density at radius 2 is 1.80 bits per heavy atom. The Balaban J connectivity index is 1.90. The van der Waals surface area contributed by atoms with Gasteiger partial charge in [-0.05, 0) is 49.1 Å². The third-order valence-corrected chi connectivity index (χ3v) is 6.36. The molecule has 1 aliphatic carbocycles. The monoisotopic (exact) mass is 378 g/mol. The van der Waals surface area contributed by atoms with Crippen LogP contribution in [0.2, 0.25) is 0 Å². The third kappa shape index (κ3) is 4.10. The van der Waals surface area contributed by atoms with Crippen LogP contribution in [-0.4, -0.2) is 23.7 Å². The SMILES string of the molecule is CN(C(=O)N(SC1CCCC1Cl)c1ccccc1F)c1ccccc1. The second-order valence-electron chi connectivity index (χ2n) is 6.01. The summed E-state index contributed by atoms with van der Waals surface area (Å²) < 4.78 is 15.8. The van der Waals surface area contributed by atoms with Crippen LogP contribution in [-0.2, 0) is 0 Å². The van der Waals surface area contributed by atoms with Crippen LogP contribution in [0.3, 0.4) is 0 Å². The van der Waals surface area contributed by atoms with Gasteiger partial charge in [-0.15, -0.1) is 11.6 Å². The highest BCUT2D eigenvalue weighted by Crippen LogP contribution is 2.39. The van der Waals surface area contributed by atoms with Gasteiger partial charge in [0.1, 0.15) is 5.82 Å². The Kier molecular flexibility index (Phi) is 5.86. The van der Waals surface area contributed by atoms with Crippen LogP contribution in [0.1, 0.15) is 19.3 Å². The van der Waals surface area contributed by atoms with Crippen molar-refractivity contribution in [2.45, 2.75) is 29.9 Å². The number of amides is 2. The molecule has 2 atom stereocenters. The average molecular weight is 379 g/mol. The smallest absolute Gasteiger partial charge is 0.296 e. The van der Waals surface area contributed by atoms with E-state index < -0.39 is 5.82 Å².